The average Bonchev–Trinajstić information content (AvgIpc) is 2.75. The van der Waals surface area contributed by atoms with Crippen molar-refractivity contribution in [1.29, 1.82) is 0 Å². The average molecular weight is 389 g/mol. The number of nitrogens with two attached hydrogens (primary N) is 1. The lowest BCUT2D eigenvalue weighted by molar-refractivity contribution is -0.136. The first-order valence-corrected chi connectivity index (χ1v) is 10.2. The highest BCUT2D eigenvalue weighted by Gasteiger charge is 2.40. The third-order valence-corrected chi connectivity index (χ3v) is 5.85. The third-order valence-electron chi connectivity index (χ3n) is 5.85. The fraction of sp³-hybridized carbons (Fsp3) is 0.619. The van der Waals surface area contributed by atoms with Gasteiger partial charge in [-0.3, -0.25) is 9.59 Å². The van der Waals surface area contributed by atoms with E-state index in [0.717, 1.165) is 18.6 Å². The number of carbonyl (C=O) groups excluding carboxylic acids is 2. The van der Waals surface area contributed by atoms with E-state index in [1.165, 1.54) is 0 Å². The number of nitrogens with one attached hydrogen (secondary N) is 1. The van der Waals surface area contributed by atoms with Gasteiger partial charge in [-0.05, 0) is 56.9 Å². The number of piperidine rings is 1. The third kappa shape index (κ3) is 4.64. The molecule has 0 aromatic heterocycles. The summed E-state index contributed by atoms with van der Waals surface area (Å²) in [5.74, 6) is 0.827. The van der Waals surface area contributed by atoms with Crippen LogP contribution in [-0.2, 0) is 9.53 Å². The molecule has 0 unspecified atom stereocenters. The molecule has 0 bridgehead atoms. The van der Waals surface area contributed by atoms with Crippen LogP contribution >= 0.6 is 0 Å². The van der Waals surface area contributed by atoms with E-state index >= 15 is 0 Å². The smallest absolute Gasteiger partial charge is 0.253 e. The van der Waals surface area contributed by atoms with Crippen molar-refractivity contribution in [3.8, 4) is 5.75 Å². The molecule has 7 heteroatoms. The first-order chi connectivity index (χ1) is 13.6. The quantitative estimate of drug-likeness (QED) is 0.770. The first kappa shape index (κ1) is 20.6. The molecule has 0 spiro atoms. The molecule has 2 fully saturated rings. The van der Waals surface area contributed by atoms with Gasteiger partial charge in [0, 0.05) is 44.5 Å². The summed E-state index contributed by atoms with van der Waals surface area (Å²) in [6.07, 6.45) is 2.85. The summed E-state index contributed by atoms with van der Waals surface area (Å²) in [4.78, 5) is 27.4. The Morgan fingerprint density at radius 1 is 1.21 bits per heavy atom. The molecule has 28 heavy (non-hydrogen) atoms. The second-order valence-corrected chi connectivity index (χ2v) is 7.59. The molecular weight excluding hydrogens is 358 g/mol. The van der Waals surface area contributed by atoms with Gasteiger partial charge >= 0.3 is 0 Å². The van der Waals surface area contributed by atoms with Gasteiger partial charge in [0.05, 0.1) is 12.0 Å². The monoisotopic (exact) mass is 389 g/mol. The van der Waals surface area contributed by atoms with Gasteiger partial charge in [0.25, 0.3) is 5.91 Å². The number of carbonyl (C=O) groups is 2. The maximum atomic E-state index is 12.8. The van der Waals surface area contributed by atoms with Gasteiger partial charge in [0.2, 0.25) is 5.91 Å². The first-order valence-electron chi connectivity index (χ1n) is 10.2. The van der Waals surface area contributed by atoms with E-state index in [9.17, 15) is 9.59 Å². The zero-order valence-electron chi connectivity index (χ0n) is 16.6. The van der Waals surface area contributed by atoms with Crippen molar-refractivity contribution in [1.82, 2.24) is 10.2 Å². The molecule has 3 N–H and O–H groups in total. The number of likely N-dealkylation sites (tertiary alicyclic amines) is 1. The van der Waals surface area contributed by atoms with E-state index in [4.69, 9.17) is 15.2 Å². The van der Waals surface area contributed by atoms with E-state index in [2.05, 4.69) is 5.32 Å². The van der Waals surface area contributed by atoms with Crippen LogP contribution in [0, 0.1) is 5.41 Å². The van der Waals surface area contributed by atoms with Crippen molar-refractivity contribution in [3.05, 3.63) is 29.8 Å². The highest BCUT2D eigenvalue weighted by molar-refractivity contribution is 5.94. The fourth-order valence-corrected chi connectivity index (χ4v) is 3.89. The van der Waals surface area contributed by atoms with E-state index in [1.807, 2.05) is 24.0 Å². The van der Waals surface area contributed by atoms with Crippen molar-refractivity contribution < 1.29 is 19.1 Å². The largest absolute Gasteiger partial charge is 0.494 e. The van der Waals surface area contributed by atoms with Crippen LogP contribution < -0.4 is 15.8 Å². The molecule has 2 aliphatic rings. The Bertz CT molecular complexity index is 663. The molecule has 2 amide bonds. The fourth-order valence-electron chi connectivity index (χ4n) is 3.89. The van der Waals surface area contributed by atoms with E-state index in [-0.39, 0.29) is 17.9 Å². The molecule has 7 nitrogen and oxygen atoms in total. The molecule has 2 saturated heterocycles. The molecule has 1 aromatic rings. The molecule has 0 aliphatic carbocycles. The normalized spacial score (nSPS) is 19.9. The number of rotatable bonds is 6. The van der Waals surface area contributed by atoms with Gasteiger partial charge < -0.3 is 25.4 Å². The highest BCUT2D eigenvalue weighted by atomic mass is 16.5. The van der Waals surface area contributed by atoms with Crippen molar-refractivity contribution in [3.63, 3.8) is 0 Å². The lowest BCUT2D eigenvalue weighted by atomic mass is 9.79. The van der Waals surface area contributed by atoms with E-state index < -0.39 is 5.41 Å². The van der Waals surface area contributed by atoms with Gasteiger partial charge in [0.1, 0.15) is 5.75 Å². The minimum absolute atomic E-state index is 0.0238. The number of amides is 2. The Kier molecular flexibility index (Phi) is 6.91. The van der Waals surface area contributed by atoms with Crippen LogP contribution in [0.1, 0.15) is 43.0 Å². The highest BCUT2D eigenvalue weighted by Crippen LogP contribution is 2.30. The van der Waals surface area contributed by atoms with E-state index in [1.54, 1.807) is 12.1 Å². The molecule has 0 atom stereocenters. The number of nitrogens with zero attached hydrogens (tertiary/aromatic N) is 1. The van der Waals surface area contributed by atoms with E-state index in [0.29, 0.717) is 57.9 Å². The van der Waals surface area contributed by atoms with Gasteiger partial charge in [-0.1, -0.05) is 0 Å². The molecule has 3 rings (SSSR count). The predicted octanol–water partition coefficient (Wildman–Crippen LogP) is 1.56. The van der Waals surface area contributed by atoms with Crippen LogP contribution in [0.25, 0.3) is 0 Å². The van der Waals surface area contributed by atoms with Crippen molar-refractivity contribution in [2.24, 2.45) is 11.1 Å². The van der Waals surface area contributed by atoms with Crippen molar-refractivity contribution in [2.75, 3.05) is 39.5 Å². The SMILES string of the molecule is CCOc1ccc(C(=O)N2CCC(NC(=O)C3(CN)CCOCC3)CC2)cc1. The van der Waals surface area contributed by atoms with Gasteiger partial charge in [0.15, 0.2) is 0 Å². The lowest BCUT2D eigenvalue weighted by Crippen LogP contribution is -2.54. The van der Waals surface area contributed by atoms with Gasteiger partial charge in [-0.25, -0.2) is 0 Å². The summed E-state index contributed by atoms with van der Waals surface area (Å²) in [5, 5.41) is 3.17. The number of benzene rings is 1. The van der Waals surface area contributed by atoms with Crippen LogP contribution in [0.5, 0.6) is 5.75 Å². The van der Waals surface area contributed by atoms with Gasteiger partial charge in [-0.2, -0.15) is 0 Å². The van der Waals surface area contributed by atoms with Crippen LogP contribution in [-0.4, -0.2) is 62.2 Å². The van der Waals surface area contributed by atoms with Crippen LogP contribution in [0.2, 0.25) is 0 Å². The topological polar surface area (TPSA) is 93.9 Å². The molecule has 154 valence electrons. The Labute approximate surface area is 166 Å². The minimum atomic E-state index is -0.506. The molecule has 0 radical (unpaired) electrons. The van der Waals surface area contributed by atoms with Crippen molar-refractivity contribution >= 4 is 11.8 Å². The standard InChI is InChI=1S/C21H31N3O4/c1-2-28-18-5-3-16(4-6-18)19(25)24-11-7-17(8-12-24)23-20(26)21(15-22)9-13-27-14-10-21/h3-6,17H,2,7-15,22H2,1H3,(H,23,26). The summed E-state index contributed by atoms with van der Waals surface area (Å²) < 4.78 is 10.8. The maximum absolute atomic E-state index is 12.8. The molecule has 0 saturated carbocycles. The van der Waals surface area contributed by atoms with Crippen LogP contribution in [0.3, 0.4) is 0 Å². The molecular formula is C21H31N3O4. The zero-order chi connectivity index (χ0) is 20.0. The Balaban J connectivity index is 1.51. The summed E-state index contributed by atoms with van der Waals surface area (Å²) in [6, 6.07) is 7.34. The van der Waals surface area contributed by atoms with Crippen LogP contribution in [0.4, 0.5) is 0 Å². The van der Waals surface area contributed by atoms with Crippen LogP contribution in [0.15, 0.2) is 24.3 Å². The zero-order valence-corrected chi connectivity index (χ0v) is 16.6. The molecule has 1 aromatic carbocycles. The lowest BCUT2D eigenvalue weighted by Gasteiger charge is -2.38. The number of hydrogen-bond acceptors (Lipinski definition) is 5. The van der Waals surface area contributed by atoms with Crippen molar-refractivity contribution in [2.45, 2.75) is 38.6 Å². The number of hydrogen-bond donors (Lipinski definition) is 2. The Morgan fingerprint density at radius 3 is 2.43 bits per heavy atom. The molecule has 2 heterocycles. The predicted molar refractivity (Wildman–Crippen MR) is 106 cm³/mol. The van der Waals surface area contributed by atoms with Gasteiger partial charge in [-0.15, -0.1) is 0 Å². The Hall–Kier alpha value is -2.12. The number of ether oxygens (including phenoxy) is 2. The summed E-state index contributed by atoms with van der Waals surface area (Å²) in [6.45, 7) is 5.31. The summed E-state index contributed by atoms with van der Waals surface area (Å²) in [5.41, 5.74) is 6.08. The second-order valence-electron chi connectivity index (χ2n) is 7.59. The summed E-state index contributed by atoms with van der Waals surface area (Å²) >= 11 is 0. The second kappa shape index (κ2) is 9.39. The minimum Gasteiger partial charge on any atom is -0.494 e. The maximum Gasteiger partial charge on any atom is 0.253 e. The Morgan fingerprint density at radius 2 is 1.86 bits per heavy atom. The summed E-state index contributed by atoms with van der Waals surface area (Å²) in [7, 11) is 0. The molecule has 2 aliphatic heterocycles.